The Bertz CT molecular complexity index is 1060. The summed E-state index contributed by atoms with van der Waals surface area (Å²) in [4.78, 5) is 12.8. The van der Waals surface area contributed by atoms with E-state index in [1.807, 2.05) is 12.1 Å². The Kier molecular flexibility index (Phi) is 4.99. The molecule has 2 aromatic carbocycles. The highest BCUT2D eigenvalue weighted by atomic mass is 16.6. The number of fused-ring (bicyclic) bond motifs is 1. The predicted octanol–water partition coefficient (Wildman–Crippen LogP) is 3.13. The number of rotatable bonds is 5. The van der Waals surface area contributed by atoms with Gasteiger partial charge in [-0.25, -0.2) is 0 Å². The Morgan fingerprint density at radius 3 is 2.59 bits per heavy atom. The minimum absolute atomic E-state index is 0.282. The fourth-order valence-electron chi connectivity index (χ4n) is 3.14. The number of benzene rings is 2. The van der Waals surface area contributed by atoms with Crippen LogP contribution in [0.4, 0.5) is 5.69 Å². The Balaban J connectivity index is 1.59. The van der Waals surface area contributed by atoms with Gasteiger partial charge < -0.3 is 24.3 Å². The van der Waals surface area contributed by atoms with Crippen LogP contribution >= 0.6 is 0 Å². The van der Waals surface area contributed by atoms with Gasteiger partial charge >= 0.3 is 0 Å². The summed E-state index contributed by atoms with van der Waals surface area (Å²) in [5.41, 5.74) is 2.42. The van der Waals surface area contributed by atoms with Crippen LogP contribution in [0.25, 0.3) is 11.3 Å². The Hall–Kier alpha value is -3.68. The lowest BCUT2D eigenvalue weighted by atomic mass is 10.1. The third-order valence-corrected chi connectivity index (χ3v) is 4.60. The molecule has 8 heteroatoms. The van der Waals surface area contributed by atoms with Crippen LogP contribution in [0.15, 0.2) is 42.5 Å². The molecule has 8 nitrogen and oxygen atoms in total. The van der Waals surface area contributed by atoms with Gasteiger partial charge in [-0.2, -0.15) is 5.10 Å². The number of carbonyl (C=O) groups excluding carboxylic acids is 1. The second kappa shape index (κ2) is 7.75. The lowest BCUT2D eigenvalue weighted by Gasteiger charge is -2.19. The summed E-state index contributed by atoms with van der Waals surface area (Å²) in [5.74, 6) is 2.29. The van der Waals surface area contributed by atoms with E-state index in [2.05, 4.69) is 10.4 Å². The zero-order valence-electron chi connectivity index (χ0n) is 16.4. The van der Waals surface area contributed by atoms with Crippen molar-refractivity contribution in [2.45, 2.75) is 0 Å². The largest absolute Gasteiger partial charge is 0.497 e. The number of hydrogen-bond donors (Lipinski definition) is 1. The van der Waals surface area contributed by atoms with Crippen LogP contribution < -0.4 is 24.3 Å². The molecule has 4 rings (SSSR count). The first kappa shape index (κ1) is 18.7. The van der Waals surface area contributed by atoms with Gasteiger partial charge in [0.25, 0.3) is 5.91 Å². The van der Waals surface area contributed by atoms with Gasteiger partial charge in [0.15, 0.2) is 11.5 Å². The van der Waals surface area contributed by atoms with Crippen molar-refractivity contribution in [1.29, 1.82) is 0 Å². The molecule has 0 saturated heterocycles. The minimum Gasteiger partial charge on any atom is -0.497 e. The van der Waals surface area contributed by atoms with E-state index in [4.69, 9.17) is 18.9 Å². The normalized spacial score (nSPS) is 12.4. The number of aromatic nitrogens is 2. The predicted molar refractivity (Wildman–Crippen MR) is 107 cm³/mol. The van der Waals surface area contributed by atoms with Crippen molar-refractivity contribution in [1.82, 2.24) is 9.78 Å². The zero-order valence-corrected chi connectivity index (χ0v) is 16.4. The summed E-state index contributed by atoms with van der Waals surface area (Å²) in [6.07, 6.45) is 0. The lowest BCUT2D eigenvalue weighted by molar-refractivity contribution is 0.101. The van der Waals surface area contributed by atoms with Gasteiger partial charge in [-0.15, -0.1) is 0 Å². The Labute approximate surface area is 168 Å². The zero-order chi connectivity index (χ0) is 20.4. The van der Waals surface area contributed by atoms with Crippen molar-refractivity contribution in [2.24, 2.45) is 7.05 Å². The molecule has 0 saturated carbocycles. The molecule has 0 spiro atoms. The van der Waals surface area contributed by atoms with Crippen LogP contribution in [-0.2, 0) is 7.05 Å². The molecule has 0 unspecified atom stereocenters. The van der Waals surface area contributed by atoms with Crippen molar-refractivity contribution in [3.63, 3.8) is 0 Å². The molecular formula is C21H21N3O5. The number of hydrogen-bond acceptors (Lipinski definition) is 6. The van der Waals surface area contributed by atoms with Crippen LogP contribution in [0.5, 0.6) is 23.0 Å². The summed E-state index contributed by atoms with van der Waals surface area (Å²) in [6.45, 7) is 1.00. The van der Waals surface area contributed by atoms with Crippen molar-refractivity contribution in [2.75, 3.05) is 32.8 Å². The molecule has 0 bridgehead atoms. The third kappa shape index (κ3) is 3.69. The fourth-order valence-corrected chi connectivity index (χ4v) is 3.14. The number of nitrogens with one attached hydrogen (secondary N) is 1. The monoisotopic (exact) mass is 395 g/mol. The van der Waals surface area contributed by atoms with Gasteiger partial charge in [-0.3, -0.25) is 9.48 Å². The molecule has 3 aromatic rings. The summed E-state index contributed by atoms with van der Waals surface area (Å²) in [7, 11) is 4.89. The van der Waals surface area contributed by atoms with E-state index in [1.165, 1.54) is 4.68 Å². The van der Waals surface area contributed by atoms with Crippen LogP contribution in [0, 0.1) is 0 Å². The molecular weight excluding hydrogens is 374 g/mol. The van der Waals surface area contributed by atoms with Crippen LogP contribution in [0.1, 0.15) is 10.5 Å². The third-order valence-electron chi connectivity index (χ3n) is 4.60. The maximum atomic E-state index is 12.8. The molecule has 150 valence electrons. The molecule has 1 amide bonds. The highest BCUT2D eigenvalue weighted by Gasteiger charge is 2.18. The number of carbonyl (C=O) groups is 1. The van der Waals surface area contributed by atoms with Gasteiger partial charge in [-0.1, -0.05) is 0 Å². The van der Waals surface area contributed by atoms with Crippen LogP contribution in [0.3, 0.4) is 0 Å². The van der Waals surface area contributed by atoms with Gasteiger partial charge in [0.1, 0.15) is 30.4 Å². The molecule has 0 radical (unpaired) electrons. The summed E-state index contributed by atoms with van der Waals surface area (Å²) in [5, 5.41) is 7.34. The smallest absolute Gasteiger partial charge is 0.273 e. The van der Waals surface area contributed by atoms with Crippen molar-refractivity contribution in [3.05, 3.63) is 48.2 Å². The Morgan fingerprint density at radius 2 is 1.83 bits per heavy atom. The average molecular weight is 395 g/mol. The number of methoxy groups -OCH3 is 2. The molecule has 0 atom stereocenters. The van der Waals surface area contributed by atoms with Crippen molar-refractivity contribution >= 4 is 11.6 Å². The standard InChI is InChI=1S/C21H21N3O5/c1-24-17(12-16(23-24)15-6-5-14(26-2)11-19(15)27-3)21(25)22-13-4-7-18-20(10-13)29-9-8-28-18/h4-7,10-12H,8-9H2,1-3H3,(H,22,25). The number of anilines is 1. The fraction of sp³-hybridized carbons (Fsp3) is 0.238. The SMILES string of the molecule is COc1ccc(-c2cc(C(=O)Nc3ccc4c(c3)OCCO4)n(C)n2)c(OC)c1. The summed E-state index contributed by atoms with van der Waals surface area (Å²) in [6, 6.07) is 12.5. The average Bonchev–Trinajstić information content (AvgIpc) is 3.14. The molecule has 1 aromatic heterocycles. The van der Waals surface area contributed by atoms with E-state index >= 15 is 0 Å². The summed E-state index contributed by atoms with van der Waals surface area (Å²) >= 11 is 0. The minimum atomic E-state index is -0.282. The number of ether oxygens (including phenoxy) is 4. The number of amides is 1. The molecule has 0 fully saturated rings. The van der Waals surface area contributed by atoms with Gasteiger partial charge in [-0.05, 0) is 30.3 Å². The van der Waals surface area contributed by atoms with E-state index in [0.29, 0.717) is 53.3 Å². The van der Waals surface area contributed by atoms with E-state index in [0.717, 1.165) is 5.56 Å². The first-order valence-corrected chi connectivity index (χ1v) is 9.06. The maximum Gasteiger partial charge on any atom is 0.273 e. The van der Waals surface area contributed by atoms with Crippen molar-refractivity contribution < 1.29 is 23.7 Å². The van der Waals surface area contributed by atoms with E-state index < -0.39 is 0 Å². The number of nitrogens with zero attached hydrogens (tertiary/aromatic N) is 2. The Morgan fingerprint density at radius 1 is 1.03 bits per heavy atom. The van der Waals surface area contributed by atoms with Crippen LogP contribution in [0.2, 0.25) is 0 Å². The second-order valence-electron chi connectivity index (χ2n) is 6.42. The topological polar surface area (TPSA) is 83.8 Å². The van der Waals surface area contributed by atoms with Gasteiger partial charge in [0.05, 0.1) is 19.9 Å². The van der Waals surface area contributed by atoms with E-state index in [9.17, 15) is 4.79 Å². The van der Waals surface area contributed by atoms with E-state index in [1.54, 1.807) is 51.6 Å². The quantitative estimate of drug-likeness (QED) is 0.715. The highest BCUT2D eigenvalue weighted by molar-refractivity contribution is 6.04. The molecule has 1 aliphatic heterocycles. The first-order valence-electron chi connectivity index (χ1n) is 9.06. The second-order valence-corrected chi connectivity index (χ2v) is 6.42. The molecule has 29 heavy (non-hydrogen) atoms. The van der Waals surface area contributed by atoms with Crippen LogP contribution in [-0.4, -0.2) is 43.1 Å². The molecule has 0 aliphatic carbocycles. The van der Waals surface area contributed by atoms with Gasteiger partial charge in [0.2, 0.25) is 0 Å². The maximum absolute atomic E-state index is 12.8. The number of aryl methyl sites for hydroxylation is 1. The van der Waals surface area contributed by atoms with E-state index in [-0.39, 0.29) is 5.91 Å². The molecule has 1 aliphatic rings. The first-order chi connectivity index (χ1) is 14.1. The van der Waals surface area contributed by atoms with Crippen molar-refractivity contribution in [3.8, 4) is 34.3 Å². The van der Waals surface area contributed by atoms with Gasteiger partial charge in [0, 0.05) is 30.4 Å². The molecule has 2 heterocycles. The highest BCUT2D eigenvalue weighted by Crippen LogP contribution is 2.34. The molecule has 1 N–H and O–H groups in total. The summed E-state index contributed by atoms with van der Waals surface area (Å²) < 4.78 is 23.3. The lowest BCUT2D eigenvalue weighted by Crippen LogP contribution is -2.18.